The summed E-state index contributed by atoms with van der Waals surface area (Å²) >= 11 is 0. The molecule has 1 heterocycles. The van der Waals surface area contributed by atoms with Gasteiger partial charge < -0.3 is 15.4 Å². The van der Waals surface area contributed by atoms with Crippen LogP contribution in [0.25, 0.3) is 10.9 Å². The highest BCUT2D eigenvalue weighted by Gasteiger charge is 2.61. The van der Waals surface area contributed by atoms with E-state index in [0.717, 1.165) is 32.1 Å². The van der Waals surface area contributed by atoms with Crippen LogP contribution < -0.4 is 15.4 Å². The van der Waals surface area contributed by atoms with Crippen LogP contribution in [0.3, 0.4) is 0 Å². The maximum Gasteiger partial charge on any atom is 0.234 e. The molecule has 5 fully saturated rings. The summed E-state index contributed by atoms with van der Waals surface area (Å²) in [5, 5.41) is 15.7. The number of carbonyl (C=O) groups excluding carboxylic acids is 2. The number of fused-ring (bicyclic) bond motifs is 3. The van der Waals surface area contributed by atoms with E-state index in [1.165, 1.54) is 12.1 Å². The second-order valence-corrected chi connectivity index (χ2v) is 11.0. The Morgan fingerprint density at radius 3 is 2.77 bits per heavy atom. The molecule has 2 bridgehead atoms. The van der Waals surface area contributed by atoms with Crippen molar-refractivity contribution in [1.29, 1.82) is 5.26 Å². The molecule has 7 nitrogen and oxygen atoms in total. The minimum Gasteiger partial charge on any atom is -0.490 e. The van der Waals surface area contributed by atoms with E-state index in [0.29, 0.717) is 40.3 Å². The monoisotopic (exact) mass is 476 g/mol. The second-order valence-electron chi connectivity index (χ2n) is 11.0. The van der Waals surface area contributed by atoms with Crippen LogP contribution in [-0.2, 0) is 9.59 Å². The van der Waals surface area contributed by atoms with Crippen LogP contribution in [0.4, 0.5) is 4.39 Å². The third-order valence-electron chi connectivity index (χ3n) is 8.87. The zero-order valence-corrected chi connectivity index (χ0v) is 19.7. The Hall–Kier alpha value is -3.21. The zero-order valence-electron chi connectivity index (χ0n) is 19.7. The lowest BCUT2D eigenvalue weighted by Gasteiger charge is -2.38. The Morgan fingerprint density at radius 1 is 1.26 bits per heavy atom. The van der Waals surface area contributed by atoms with Gasteiger partial charge in [-0.2, -0.15) is 5.26 Å². The molecular formula is C27H29FN4O3. The van der Waals surface area contributed by atoms with E-state index in [1.54, 1.807) is 18.3 Å². The number of carbonyl (C=O) groups is 2. The van der Waals surface area contributed by atoms with Crippen LogP contribution in [0.5, 0.6) is 5.75 Å². The van der Waals surface area contributed by atoms with Crippen molar-refractivity contribution in [2.24, 2.45) is 29.6 Å². The molecule has 1 aromatic heterocycles. The van der Waals surface area contributed by atoms with Gasteiger partial charge in [0.2, 0.25) is 11.8 Å². The van der Waals surface area contributed by atoms with Gasteiger partial charge in [0.05, 0.1) is 17.7 Å². The summed E-state index contributed by atoms with van der Waals surface area (Å²) in [6.07, 6.45) is 5.97. The Bertz CT molecular complexity index is 1220. The van der Waals surface area contributed by atoms with Crippen molar-refractivity contribution in [3.05, 3.63) is 36.3 Å². The average Bonchev–Trinajstić information content (AvgIpc) is 3.07. The largest absolute Gasteiger partial charge is 0.490 e. The van der Waals surface area contributed by atoms with E-state index in [-0.39, 0.29) is 47.7 Å². The van der Waals surface area contributed by atoms with Crippen LogP contribution in [0.1, 0.15) is 45.4 Å². The molecule has 6 atom stereocenters. The number of amides is 2. The van der Waals surface area contributed by atoms with E-state index in [4.69, 9.17) is 10.00 Å². The van der Waals surface area contributed by atoms with Gasteiger partial charge in [0.25, 0.3) is 0 Å². The molecule has 0 saturated heterocycles. The van der Waals surface area contributed by atoms with Gasteiger partial charge in [-0.3, -0.25) is 14.6 Å². The highest BCUT2D eigenvalue weighted by atomic mass is 19.1. The Balaban J connectivity index is 1.01. The van der Waals surface area contributed by atoms with E-state index in [9.17, 15) is 14.0 Å². The fraction of sp³-hybridized carbons (Fsp3) is 0.556. The third-order valence-corrected chi connectivity index (χ3v) is 8.87. The first-order chi connectivity index (χ1) is 16.9. The predicted octanol–water partition coefficient (Wildman–Crippen LogP) is 3.48. The molecule has 5 aliphatic carbocycles. The number of nitriles is 1. The normalized spacial score (nSPS) is 34.9. The van der Waals surface area contributed by atoms with Gasteiger partial charge in [-0.05, 0) is 80.0 Å². The summed E-state index contributed by atoms with van der Waals surface area (Å²) in [5.41, 5.74) is 0.479. The van der Waals surface area contributed by atoms with Gasteiger partial charge in [-0.15, -0.1) is 0 Å². The highest BCUT2D eigenvalue weighted by Crippen LogP contribution is 2.61. The average molecular weight is 477 g/mol. The summed E-state index contributed by atoms with van der Waals surface area (Å²) in [5.74, 6) is 1.95. The quantitative estimate of drug-likeness (QED) is 0.637. The summed E-state index contributed by atoms with van der Waals surface area (Å²) in [6, 6.07) is 8.32. The van der Waals surface area contributed by atoms with Gasteiger partial charge in [0, 0.05) is 29.1 Å². The zero-order chi connectivity index (χ0) is 24.3. The van der Waals surface area contributed by atoms with Gasteiger partial charge >= 0.3 is 0 Å². The molecule has 35 heavy (non-hydrogen) atoms. The van der Waals surface area contributed by atoms with Crippen molar-refractivity contribution in [3.8, 4) is 11.8 Å². The summed E-state index contributed by atoms with van der Waals surface area (Å²) in [7, 11) is 0. The predicted molar refractivity (Wildman–Crippen MR) is 125 cm³/mol. The van der Waals surface area contributed by atoms with Crippen molar-refractivity contribution < 1.29 is 18.7 Å². The molecular weight excluding hydrogens is 447 g/mol. The summed E-state index contributed by atoms with van der Waals surface area (Å²) < 4.78 is 20.0. The van der Waals surface area contributed by atoms with Gasteiger partial charge in [-0.25, -0.2) is 4.39 Å². The number of pyridine rings is 1. The number of halogens is 1. The van der Waals surface area contributed by atoms with Crippen molar-refractivity contribution >= 4 is 22.7 Å². The van der Waals surface area contributed by atoms with Crippen LogP contribution >= 0.6 is 0 Å². The van der Waals surface area contributed by atoms with Gasteiger partial charge in [0.15, 0.2) is 0 Å². The molecule has 1 unspecified atom stereocenters. The lowest BCUT2D eigenvalue weighted by atomic mass is 9.76. The Labute approximate surface area is 203 Å². The summed E-state index contributed by atoms with van der Waals surface area (Å²) in [4.78, 5) is 29.2. The second kappa shape index (κ2) is 8.18. The number of ether oxygens (including phenoxy) is 1. The molecule has 8 heteroatoms. The first-order valence-electron chi connectivity index (χ1n) is 12.5. The third kappa shape index (κ3) is 3.91. The first kappa shape index (κ1) is 22.3. The lowest BCUT2D eigenvalue weighted by Crippen LogP contribution is -2.51. The van der Waals surface area contributed by atoms with Crippen molar-refractivity contribution in [2.75, 3.05) is 0 Å². The van der Waals surface area contributed by atoms with Crippen molar-refractivity contribution in [3.63, 3.8) is 0 Å². The number of rotatable bonds is 7. The number of benzene rings is 1. The minimum absolute atomic E-state index is 0.0521. The Morgan fingerprint density at radius 2 is 2.03 bits per heavy atom. The molecule has 0 spiro atoms. The number of hydrogen-bond acceptors (Lipinski definition) is 5. The number of nitrogens with one attached hydrogen (secondary N) is 2. The lowest BCUT2D eigenvalue weighted by molar-refractivity contribution is -0.126. The van der Waals surface area contributed by atoms with Crippen LogP contribution in [0.2, 0.25) is 0 Å². The SMILES string of the molecule is CC(C(=O)N[C@@H]1CC2(NC(=O)CC#N)CC1C2)[C@H]1[C@@H]2C[C@@H](Oc3ccnc4ccc(F)cc34)C[C@@H]21. The molecule has 2 amide bonds. The van der Waals surface area contributed by atoms with E-state index in [1.807, 2.05) is 13.0 Å². The van der Waals surface area contributed by atoms with Crippen molar-refractivity contribution in [2.45, 2.75) is 63.1 Å². The van der Waals surface area contributed by atoms with E-state index >= 15 is 0 Å². The molecule has 0 aliphatic heterocycles. The molecule has 182 valence electrons. The molecule has 5 aliphatic rings. The van der Waals surface area contributed by atoms with Crippen LogP contribution in [0.15, 0.2) is 30.5 Å². The van der Waals surface area contributed by atoms with Gasteiger partial charge in [-0.1, -0.05) is 6.92 Å². The molecule has 7 rings (SSSR count). The molecule has 2 aromatic rings. The minimum atomic E-state index is -0.306. The standard InChI is InChI=1S/C27H29FN4O3/c1-14(26(34)31-22-13-27(11-15(22)12-27)32-24(33)4-6-29)25-18-9-17(10-19(18)25)35-23-5-7-30-21-3-2-16(28)8-20(21)23/h2-3,5,7-8,14-15,17-19,22,25H,4,9-13H2,1H3,(H,31,34)(H,32,33)/t14?,15?,17-,18-,19+,22-,25+,27?/m1/s1. The molecule has 2 N–H and O–H groups in total. The summed E-state index contributed by atoms with van der Waals surface area (Å²) in [6.45, 7) is 2.02. The van der Waals surface area contributed by atoms with E-state index < -0.39 is 0 Å². The molecule has 1 aromatic carbocycles. The number of hydrogen-bond donors (Lipinski definition) is 2. The maximum atomic E-state index is 13.7. The van der Waals surface area contributed by atoms with E-state index in [2.05, 4.69) is 15.6 Å². The first-order valence-corrected chi connectivity index (χ1v) is 12.5. The highest BCUT2D eigenvalue weighted by molar-refractivity contribution is 5.85. The fourth-order valence-corrected chi connectivity index (χ4v) is 7.26. The Kier molecular flexibility index (Phi) is 5.21. The fourth-order valence-electron chi connectivity index (χ4n) is 7.26. The van der Waals surface area contributed by atoms with Crippen LogP contribution in [-0.4, -0.2) is 34.5 Å². The van der Waals surface area contributed by atoms with Crippen LogP contribution in [0, 0.1) is 46.7 Å². The smallest absolute Gasteiger partial charge is 0.234 e. The molecule has 5 saturated carbocycles. The van der Waals surface area contributed by atoms with Gasteiger partial charge in [0.1, 0.15) is 18.0 Å². The van der Waals surface area contributed by atoms with Crippen molar-refractivity contribution in [1.82, 2.24) is 15.6 Å². The number of nitrogens with zero attached hydrogens (tertiary/aromatic N) is 2. The maximum absolute atomic E-state index is 13.7. The topological polar surface area (TPSA) is 104 Å². The number of aromatic nitrogens is 1. The molecule has 0 radical (unpaired) electrons.